The van der Waals surface area contributed by atoms with Gasteiger partial charge in [-0.05, 0) is 59.3 Å². The fourth-order valence-corrected chi connectivity index (χ4v) is 7.05. The summed E-state index contributed by atoms with van der Waals surface area (Å²) in [5.41, 5.74) is 8.83. The van der Waals surface area contributed by atoms with Gasteiger partial charge in [-0.15, -0.1) is 0 Å². The molecule has 0 atom stereocenters. The molecule has 0 aliphatic rings. The van der Waals surface area contributed by atoms with E-state index >= 15 is 0 Å². The van der Waals surface area contributed by atoms with Crippen LogP contribution in [0.25, 0.3) is 93.8 Å². The largest absolute Gasteiger partial charge is 0.455 e. The van der Waals surface area contributed by atoms with E-state index < -0.39 is 0 Å². The van der Waals surface area contributed by atoms with Gasteiger partial charge in [0.15, 0.2) is 5.82 Å². The van der Waals surface area contributed by atoms with Crippen LogP contribution in [-0.4, -0.2) is 14.5 Å². The van der Waals surface area contributed by atoms with Crippen molar-refractivity contribution >= 4 is 65.4 Å². The number of benzene rings is 7. The molecular formula is C42H25N3O. The maximum atomic E-state index is 6.61. The molecule has 0 spiro atoms. The number of furan rings is 1. The highest BCUT2D eigenvalue weighted by atomic mass is 16.3. The van der Waals surface area contributed by atoms with Gasteiger partial charge in [-0.3, -0.25) is 0 Å². The maximum Gasteiger partial charge on any atom is 0.164 e. The summed E-state index contributed by atoms with van der Waals surface area (Å²) in [5, 5.41) is 8.08. The zero-order valence-electron chi connectivity index (χ0n) is 24.7. The predicted octanol–water partition coefficient (Wildman–Crippen LogP) is 11.1. The third kappa shape index (κ3) is 3.67. The van der Waals surface area contributed by atoms with Crippen LogP contribution in [0.3, 0.4) is 0 Å². The molecule has 4 heteroatoms. The van der Waals surface area contributed by atoms with Crippen molar-refractivity contribution in [2.45, 2.75) is 0 Å². The molecule has 0 saturated carbocycles. The molecular weight excluding hydrogens is 562 g/mol. The molecule has 214 valence electrons. The minimum Gasteiger partial charge on any atom is -0.455 e. The third-order valence-electron chi connectivity index (χ3n) is 9.17. The molecule has 3 heterocycles. The molecule has 0 saturated heterocycles. The lowest BCUT2D eigenvalue weighted by atomic mass is 10.0. The van der Waals surface area contributed by atoms with Gasteiger partial charge < -0.3 is 8.98 Å². The second kappa shape index (κ2) is 9.62. The van der Waals surface area contributed by atoms with E-state index in [9.17, 15) is 0 Å². The van der Waals surface area contributed by atoms with Crippen LogP contribution < -0.4 is 0 Å². The van der Waals surface area contributed by atoms with Gasteiger partial charge in [-0.1, -0.05) is 103 Å². The van der Waals surface area contributed by atoms with Crippen LogP contribution >= 0.6 is 0 Å². The summed E-state index contributed by atoms with van der Waals surface area (Å²) in [6.07, 6.45) is 0. The first-order valence-corrected chi connectivity index (χ1v) is 15.5. The number of fused-ring (bicyclic) bond motifs is 8. The minimum atomic E-state index is 0.650. The molecule has 4 nitrogen and oxygen atoms in total. The first-order valence-electron chi connectivity index (χ1n) is 15.5. The van der Waals surface area contributed by atoms with Crippen molar-refractivity contribution in [1.29, 1.82) is 0 Å². The molecule has 10 rings (SSSR count). The molecule has 46 heavy (non-hydrogen) atoms. The van der Waals surface area contributed by atoms with Crippen LogP contribution in [0.15, 0.2) is 156 Å². The Balaban J connectivity index is 1.21. The van der Waals surface area contributed by atoms with Crippen molar-refractivity contribution in [3.63, 3.8) is 0 Å². The number of aromatic nitrogens is 3. The second-order valence-corrected chi connectivity index (χ2v) is 11.8. The first-order chi connectivity index (χ1) is 22.8. The molecule has 0 N–H and O–H groups in total. The number of nitrogens with zero attached hydrogens (tertiary/aromatic N) is 3. The summed E-state index contributed by atoms with van der Waals surface area (Å²) in [6.45, 7) is 0. The molecule has 3 aromatic heterocycles. The maximum absolute atomic E-state index is 6.61. The van der Waals surface area contributed by atoms with Crippen molar-refractivity contribution in [3.05, 3.63) is 152 Å². The van der Waals surface area contributed by atoms with E-state index in [-0.39, 0.29) is 0 Å². The average Bonchev–Trinajstić information content (AvgIpc) is 3.65. The van der Waals surface area contributed by atoms with Crippen LogP contribution in [0.2, 0.25) is 0 Å². The topological polar surface area (TPSA) is 43.9 Å². The smallest absolute Gasteiger partial charge is 0.164 e. The number of rotatable bonds is 3. The van der Waals surface area contributed by atoms with Gasteiger partial charge in [-0.2, -0.15) is 0 Å². The van der Waals surface area contributed by atoms with E-state index in [0.717, 1.165) is 55.3 Å². The van der Waals surface area contributed by atoms with Crippen LogP contribution in [-0.2, 0) is 0 Å². The SMILES string of the molecule is c1ccc(-c2nc(-c3cccc4c3oc3ccc(-n5c6ccccc6c6cc7ccccc7cc65)cc34)nc3ccccc23)cc1. The summed E-state index contributed by atoms with van der Waals surface area (Å²) in [7, 11) is 0. The molecule has 0 bridgehead atoms. The highest BCUT2D eigenvalue weighted by Crippen LogP contribution is 2.39. The Hall–Kier alpha value is -6.26. The summed E-state index contributed by atoms with van der Waals surface area (Å²) in [6, 6.07) is 53.1. The molecule has 7 aromatic carbocycles. The van der Waals surface area contributed by atoms with Gasteiger partial charge in [0.25, 0.3) is 0 Å². The predicted molar refractivity (Wildman–Crippen MR) is 190 cm³/mol. The molecule has 10 aromatic rings. The van der Waals surface area contributed by atoms with Gasteiger partial charge in [0.05, 0.1) is 27.8 Å². The highest BCUT2D eigenvalue weighted by molar-refractivity contribution is 6.14. The Morgan fingerprint density at radius 2 is 1.22 bits per heavy atom. The highest BCUT2D eigenvalue weighted by Gasteiger charge is 2.19. The number of hydrogen-bond acceptors (Lipinski definition) is 3. The fourth-order valence-electron chi connectivity index (χ4n) is 7.05. The Morgan fingerprint density at radius 1 is 0.478 bits per heavy atom. The lowest BCUT2D eigenvalue weighted by Gasteiger charge is -2.09. The zero-order chi connectivity index (χ0) is 30.2. The van der Waals surface area contributed by atoms with Crippen molar-refractivity contribution in [2.75, 3.05) is 0 Å². The number of para-hydroxylation sites is 3. The minimum absolute atomic E-state index is 0.650. The van der Waals surface area contributed by atoms with Crippen LogP contribution in [0, 0.1) is 0 Å². The van der Waals surface area contributed by atoms with E-state index in [1.54, 1.807) is 0 Å². The van der Waals surface area contributed by atoms with E-state index in [2.05, 4.69) is 120 Å². The van der Waals surface area contributed by atoms with Gasteiger partial charge >= 0.3 is 0 Å². The molecule has 0 unspecified atom stereocenters. The lowest BCUT2D eigenvalue weighted by Crippen LogP contribution is -1.95. The summed E-state index contributed by atoms with van der Waals surface area (Å²) >= 11 is 0. The second-order valence-electron chi connectivity index (χ2n) is 11.8. The standard InChI is InChI=1S/C42H25N3O/c1-2-11-26(12-3-1)40-32-16-6-8-19-36(32)43-42(44-40)33-18-10-17-31-35-25-29(21-22-39(35)46-41(31)33)45-37-20-9-7-15-30(37)34-23-27-13-4-5-14-28(27)24-38(34)45/h1-25H. The molecule has 0 fully saturated rings. The van der Waals surface area contributed by atoms with Crippen molar-refractivity contribution in [1.82, 2.24) is 14.5 Å². The van der Waals surface area contributed by atoms with Gasteiger partial charge in [0.2, 0.25) is 0 Å². The van der Waals surface area contributed by atoms with Crippen molar-refractivity contribution in [2.24, 2.45) is 0 Å². The van der Waals surface area contributed by atoms with E-state index in [0.29, 0.717) is 5.82 Å². The van der Waals surface area contributed by atoms with Crippen LogP contribution in [0.1, 0.15) is 0 Å². The van der Waals surface area contributed by atoms with E-state index in [1.165, 1.54) is 32.6 Å². The Labute approximate surface area is 263 Å². The summed E-state index contributed by atoms with van der Waals surface area (Å²) in [4.78, 5) is 10.2. The van der Waals surface area contributed by atoms with Crippen LogP contribution in [0.4, 0.5) is 0 Å². The van der Waals surface area contributed by atoms with Crippen molar-refractivity contribution < 1.29 is 4.42 Å². The van der Waals surface area contributed by atoms with Gasteiger partial charge in [0, 0.05) is 38.2 Å². The fraction of sp³-hybridized carbons (Fsp3) is 0. The normalized spacial score (nSPS) is 11.9. The average molecular weight is 588 g/mol. The quantitative estimate of drug-likeness (QED) is 0.207. The Morgan fingerprint density at radius 3 is 2.11 bits per heavy atom. The van der Waals surface area contributed by atoms with E-state index in [1.807, 2.05) is 36.4 Å². The lowest BCUT2D eigenvalue weighted by molar-refractivity contribution is 0.669. The first kappa shape index (κ1) is 25.1. The Kier molecular flexibility index (Phi) is 5.25. The number of hydrogen-bond donors (Lipinski definition) is 0. The van der Waals surface area contributed by atoms with Crippen molar-refractivity contribution in [3.8, 4) is 28.3 Å². The van der Waals surface area contributed by atoms with Crippen LogP contribution in [0.5, 0.6) is 0 Å². The zero-order valence-corrected chi connectivity index (χ0v) is 24.7. The summed E-state index contributed by atoms with van der Waals surface area (Å²) < 4.78 is 8.98. The molecule has 0 radical (unpaired) electrons. The molecule has 0 aliphatic carbocycles. The third-order valence-corrected chi connectivity index (χ3v) is 9.17. The Bertz CT molecular complexity index is 2810. The van der Waals surface area contributed by atoms with E-state index in [4.69, 9.17) is 14.4 Å². The van der Waals surface area contributed by atoms with Gasteiger partial charge in [-0.25, -0.2) is 9.97 Å². The molecule has 0 amide bonds. The summed E-state index contributed by atoms with van der Waals surface area (Å²) in [5.74, 6) is 0.650. The molecule has 0 aliphatic heterocycles. The van der Waals surface area contributed by atoms with Gasteiger partial charge in [0.1, 0.15) is 11.2 Å². The monoisotopic (exact) mass is 587 g/mol.